The fraction of sp³-hybridized carbons (Fsp3) is 0.250. The topological polar surface area (TPSA) is 46.5 Å². The second-order valence-corrected chi connectivity index (χ2v) is 8.32. The smallest absolute Gasteiger partial charge is 0.335 e. The fourth-order valence-corrected chi connectivity index (χ4v) is 3.65. The summed E-state index contributed by atoms with van der Waals surface area (Å²) >= 11 is 1.84. The van der Waals surface area contributed by atoms with Crippen LogP contribution in [0.25, 0.3) is 11.6 Å². The summed E-state index contributed by atoms with van der Waals surface area (Å²) in [7, 11) is 0. The van der Waals surface area contributed by atoms with Gasteiger partial charge in [0.15, 0.2) is 0 Å². The Balaban J connectivity index is 1.85. The number of thioether (sulfide) groups is 1. The van der Waals surface area contributed by atoms with Crippen LogP contribution < -0.4 is 4.74 Å². The van der Waals surface area contributed by atoms with Gasteiger partial charge in [0.1, 0.15) is 12.4 Å². The molecule has 24 heavy (non-hydrogen) atoms. The van der Waals surface area contributed by atoms with Crippen molar-refractivity contribution in [2.75, 3.05) is 6.61 Å². The van der Waals surface area contributed by atoms with E-state index in [1.165, 1.54) is 4.90 Å². The first-order valence-electron chi connectivity index (χ1n) is 7.82. The maximum atomic E-state index is 10.9. The molecule has 0 spiro atoms. The Bertz CT molecular complexity index is 804. The molecular formula is C20H20O3S. The number of carbonyl (C=O) groups is 1. The molecule has 0 amide bonds. The fourth-order valence-electron chi connectivity index (χ4n) is 2.58. The molecule has 4 heteroatoms. The molecule has 3 rings (SSSR count). The summed E-state index contributed by atoms with van der Waals surface area (Å²) in [5.74, 6) is 0.0281. The van der Waals surface area contributed by atoms with Gasteiger partial charge in [0.2, 0.25) is 0 Å². The third-order valence-corrected chi connectivity index (χ3v) is 5.13. The number of hydrogen-bond donors (Lipinski definition) is 1. The summed E-state index contributed by atoms with van der Waals surface area (Å²) in [6.45, 7) is 7.11. The minimum atomic E-state index is -0.908. The van der Waals surface area contributed by atoms with Crippen LogP contribution in [0.5, 0.6) is 5.75 Å². The highest BCUT2D eigenvalue weighted by molar-refractivity contribution is 8.00. The van der Waals surface area contributed by atoms with Gasteiger partial charge >= 0.3 is 5.97 Å². The molecule has 0 saturated heterocycles. The number of rotatable bonds is 3. The molecule has 2 aromatic rings. The Morgan fingerprint density at radius 1 is 1.17 bits per heavy atom. The molecule has 1 heterocycles. The number of allylic oxidation sites excluding steroid dienone is 1. The second-order valence-electron chi connectivity index (χ2n) is 6.57. The number of carboxylic acid groups (broad SMARTS) is 1. The van der Waals surface area contributed by atoms with E-state index in [2.05, 4.69) is 32.0 Å². The quantitative estimate of drug-likeness (QED) is 0.779. The van der Waals surface area contributed by atoms with Crippen molar-refractivity contribution < 1.29 is 14.6 Å². The van der Waals surface area contributed by atoms with Crippen molar-refractivity contribution in [2.24, 2.45) is 0 Å². The Hall–Kier alpha value is -2.20. The van der Waals surface area contributed by atoms with E-state index in [4.69, 9.17) is 9.84 Å². The van der Waals surface area contributed by atoms with E-state index in [-0.39, 0.29) is 4.75 Å². The average molecular weight is 340 g/mol. The minimum Gasteiger partial charge on any atom is -0.491 e. The van der Waals surface area contributed by atoms with Crippen molar-refractivity contribution in [1.82, 2.24) is 0 Å². The van der Waals surface area contributed by atoms with Crippen molar-refractivity contribution in [3.63, 3.8) is 0 Å². The normalized spacial score (nSPS) is 16.2. The number of fused-ring (bicyclic) bond motifs is 1. The second kappa shape index (κ2) is 6.36. The average Bonchev–Trinajstić information content (AvgIpc) is 2.54. The number of carboxylic acids is 1. The molecule has 1 aliphatic rings. The van der Waals surface area contributed by atoms with Crippen LogP contribution in [0.15, 0.2) is 47.4 Å². The Labute approximate surface area is 146 Å². The number of ether oxygens (including phenoxy) is 1. The van der Waals surface area contributed by atoms with Gasteiger partial charge in [-0.25, -0.2) is 4.79 Å². The molecule has 0 aliphatic carbocycles. The summed E-state index contributed by atoms with van der Waals surface area (Å²) in [6.07, 6.45) is 2.05. The van der Waals surface area contributed by atoms with Crippen LogP contribution in [-0.2, 0) is 0 Å². The lowest BCUT2D eigenvalue weighted by Crippen LogP contribution is -2.28. The predicted molar refractivity (Wildman–Crippen MR) is 98.8 cm³/mol. The van der Waals surface area contributed by atoms with Crippen LogP contribution in [-0.4, -0.2) is 22.4 Å². The van der Waals surface area contributed by atoms with Gasteiger partial charge in [0.25, 0.3) is 0 Å². The first-order valence-corrected chi connectivity index (χ1v) is 8.64. The molecule has 0 fully saturated rings. The van der Waals surface area contributed by atoms with E-state index in [9.17, 15) is 4.79 Å². The SMILES string of the molecule is CC(=Cc1ccc(C(=O)O)cc1)c1ccc2c(c1)OCC(C)(C)S2. The molecule has 0 bridgehead atoms. The maximum absolute atomic E-state index is 10.9. The van der Waals surface area contributed by atoms with Gasteiger partial charge in [0, 0.05) is 4.75 Å². The first-order chi connectivity index (χ1) is 11.3. The van der Waals surface area contributed by atoms with Crippen molar-refractivity contribution >= 4 is 29.4 Å². The summed E-state index contributed by atoms with van der Waals surface area (Å²) in [6, 6.07) is 13.2. The van der Waals surface area contributed by atoms with Crippen LogP contribution in [0.2, 0.25) is 0 Å². The van der Waals surface area contributed by atoms with E-state index in [1.807, 2.05) is 36.9 Å². The standard InChI is InChI=1S/C20H20O3S/c1-13(10-14-4-6-15(7-5-14)19(21)22)16-8-9-18-17(11-16)23-12-20(2,3)24-18/h4-11H,12H2,1-3H3,(H,21,22). The Morgan fingerprint density at radius 3 is 2.50 bits per heavy atom. The van der Waals surface area contributed by atoms with E-state index >= 15 is 0 Å². The molecule has 3 nitrogen and oxygen atoms in total. The third kappa shape index (κ3) is 3.65. The van der Waals surface area contributed by atoms with Gasteiger partial charge in [-0.1, -0.05) is 24.3 Å². The molecule has 1 N–H and O–H groups in total. The zero-order valence-corrected chi connectivity index (χ0v) is 14.8. The monoisotopic (exact) mass is 340 g/mol. The number of aromatic carboxylic acids is 1. The third-order valence-electron chi connectivity index (χ3n) is 3.90. The minimum absolute atomic E-state index is 0.102. The highest BCUT2D eigenvalue weighted by Crippen LogP contribution is 2.43. The van der Waals surface area contributed by atoms with Crippen LogP contribution in [0.4, 0.5) is 0 Å². The molecule has 0 aromatic heterocycles. The van der Waals surface area contributed by atoms with Crippen molar-refractivity contribution in [3.05, 3.63) is 59.2 Å². The molecule has 0 unspecified atom stereocenters. The molecule has 0 radical (unpaired) electrons. The van der Waals surface area contributed by atoms with Gasteiger partial charge in [-0.15, -0.1) is 11.8 Å². The summed E-state index contributed by atoms with van der Waals surface area (Å²) < 4.78 is 6.01. The van der Waals surface area contributed by atoms with Crippen LogP contribution in [0.1, 0.15) is 42.3 Å². The van der Waals surface area contributed by atoms with Gasteiger partial charge in [-0.3, -0.25) is 0 Å². The lowest BCUT2D eigenvalue weighted by Gasteiger charge is -2.30. The van der Waals surface area contributed by atoms with Crippen molar-refractivity contribution in [1.29, 1.82) is 0 Å². The zero-order chi connectivity index (χ0) is 17.3. The summed E-state index contributed by atoms with van der Waals surface area (Å²) in [5, 5.41) is 8.95. The Kier molecular flexibility index (Phi) is 4.41. The molecular weight excluding hydrogens is 320 g/mol. The number of hydrogen-bond acceptors (Lipinski definition) is 3. The van der Waals surface area contributed by atoms with Gasteiger partial charge < -0.3 is 9.84 Å². The van der Waals surface area contributed by atoms with E-state index in [0.29, 0.717) is 12.2 Å². The van der Waals surface area contributed by atoms with Crippen LogP contribution in [0, 0.1) is 0 Å². The highest BCUT2D eigenvalue weighted by atomic mass is 32.2. The van der Waals surface area contributed by atoms with E-state index in [1.54, 1.807) is 12.1 Å². The van der Waals surface area contributed by atoms with Crippen molar-refractivity contribution in [3.8, 4) is 5.75 Å². The van der Waals surface area contributed by atoms with Gasteiger partial charge in [-0.2, -0.15) is 0 Å². The van der Waals surface area contributed by atoms with Crippen molar-refractivity contribution in [2.45, 2.75) is 30.4 Å². The van der Waals surface area contributed by atoms with Crippen LogP contribution in [0.3, 0.4) is 0 Å². The van der Waals surface area contributed by atoms with E-state index < -0.39 is 5.97 Å². The van der Waals surface area contributed by atoms with E-state index in [0.717, 1.165) is 22.4 Å². The number of benzene rings is 2. The van der Waals surface area contributed by atoms with Gasteiger partial charge in [0.05, 0.1) is 10.5 Å². The lowest BCUT2D eigenvalue weighted by molar-refractivity contribution is 0.0697. The zero-order valence-electron chi connectivity index (χ0n) is 14.0. The Morgan fingerprint density at radius 2 is 1.83 bits per heavy atom. The molecule has 124 valence electrons. The first kappa shape index (κ1) is 16.7. The molecule has 2 aromatic carbocycles. The largest absolute Gasteiger partial charge is 0.491 e. The van der Waals surface area contributed by atoms with Crippen LogP contribution >= 0.6 is 11.8 Å². The predicted octanol–water partition coefficient (Wildman–Crippen LogP) is 5.21. The highest BCUT2D eigenvalue weighted by Gasteiger charge is 2.27. The lowest BCUT2D eigenvalue weighted by atomic mass is 10.0. The maximum Gasteiger partial charge on any atom is 0.335 e. The molecule has 0 saturated carbocycles. The summed E-state index contributed by atoms with van der Waals surface area (Å²) in [5.41, 5.74) is 3.49. The summed E-state index contributed by atoms with van der Waals surface area (Å²) in [4.78, 5) is 12.1. The van der Waals surface area contributed by atoms with Gasteiger partial charge in [-0.05, 0) is 61.7 Å². The molecule has 0 atom stereocenters. The molecule has 1 aliphatic heterocycles.